The quantitative estimate of drug-likeness (QED) is 0.654. The maximum Gasteiger partial charge on any atom is 0.0897 e. The molecule has 0 aliphatic carbocycles. The number of hydrogen-bond donors (Lipinski definition) is 2. The first-order chi connectivity index (χ1) is 8.65. The van der Waals surface area contributed by atoms with Crippen LogP contribution < -0.4 is 11.1 Å². The van der Waals surface area contributed by atoms with Crippen molar-refractivity contribution in [2.45, 2.75) is 19.9 Å². The van der Waals surface area contributed by atoms with Gasteiger partial charge in [0, 0.05) is 24.9 Å². The van der Waals surface area contributed by atoms with Crippen molar-refractivity contribution in [3.63, 3.8) is 0 Å². The van der Waals surface area contributed by atoms with E-state index in [1.54, 1.807) is 11.3 Å². The Morgan fingerprint density at radius 3 is 2.94 bits per heavy atom. The number of halogens is 1. The van der Waals surface area contributed by atoms with Gasteiger partial charge in [-0.1, -0.05) is 17.7 Å². The van der Waals surface area contributed by atoms with Crippen molar-refractivity contribution in [1.29, 1.82) is 0 Å². The largest absolute Gasteiger partial charge is 0.398 e. The Morgan fingerprint density at radius 2 is 2.28 bits per heavy atom. The fraction of sp³-hybridized carbons (Fsp3) is 0.308. The standard InChI is InChI=1S/C13H16ClN3S/c1-9-17-11(8-18-9)4-5-16-7-10-2-3-13(15)12(14)6-10/h2-3,6,8,16H,4-5,7,15H2,1H3. The Labute approximate surface area is 116 Å². The zero-order chi connectivity index (χ0) is 13.0. The number of hydrogen-bond acceptors (Lipinski definition) is 4. The first-order valence-electron chi connectivity index (χ1n) is 5.81. The smallest absolute Gasteiger partial charge is 0.0897 e. The minimum Gasteiger partial charge on any atom is -0.398 e. The van der Waals surface area contributed by atoms with E-state index in [1.807, 2.05) is 25.1 Å². The molecule has 3 N–H and O–H groups in total. The van der Waals surface area contributed by atoms with Crippen LogP contribution in [0.5, 0.6) is 0 Å². The zero-order valence-electron chi connectivity index (χ0n) is 10.2. The van der Waals surface area contributed by atoms with Gasteiger partial charge in [0.25, 0.3) is 0 Å². The molecule has 1 heterocycles. The van der Waals surface area contributed by atoms with Crippen molar-refractivity contribution in [3.05, 3.63) is 44.9 Å². The number of aryl methyl sites for hydroxylation is 1. The van der Waals surface area contributed by atoms with Crippen molar-refractivity contribution < 1.29 is 0 Å². The summed E-state index contributed by atoms with van der Waals surface area (Å²) >= 11 is 7.66. The van der Waals surface area contributed by atoms with Crippen molar-refractivity contribution in [2.75, 3.05) is 12.3 Å². The molecule has 0 bridgehead atoms. The summed E-state index contributed by atoms with van der Waals surface area (Å²) in [5, 5.41) is 7.22. The van der Waals surface area contributed by atoms with Gasteiger partial charge in [-0.3, -0.25) is 0 Å². The van der Waals surface area contributed by atoms with E-state index in [9.17, 15) is 0 Å². The van der Waals surface area contributed by atoms with Gasteiger partial charge < -0.3 is 11.1 Å². The molecule has 5 heteroatoms. The summed E-state index contributed by atoms with van der Waals surface area (Å²) in [6.45, 7) is 3.73. The highest BCUT2D eigenvalue weighted by Crippen LogP contribution is 2.19. The average Bonchev–Trinajstić information content (AvgIpc) is 2.75. The van der Waals surface area contributed by atoms with Crippen LogP contribution in [0.3, 0.4) is 0 Å². The number of nitrogens with zero attached hydrogens (tertiary/aromatic N) is 1. The summed E-state index contributed by atoms with van der Waals surface area (Å²) in [7, 11) is 0. The first kappa shape index (κ1) is 13.3. The topological polar surface area (TPSA) is 50.9 Å². The average molecular weight is 282 g/mol. The van der Waals surface area contributed by atoms with Crippen LogP contribution in [0.4, 0.5) is 5.69 Å². The molecule has 0 aliphatic heterocycles. The minimum atomic E-state index is 0.615. The molecule has 0 saturated heterocycles. The second-order valence-corrected chi connectivity index (χ2v) is 5.61. The summed E-state index contributed by atoms with van der Waals surface area (Å²) in [6.07, 6.45) is 0.951. The van der Waals surface area contributed by atoms with Crippen molar-refractivity contribution in [2.24, 2.45) is 0 Å². The molecule has 0 amide bonds. The molecule has 0 saturated carbocycles. The number of aromatic nitrogens is 1. The van der Waals surface area contributed by atoms with Gasteiger partial charge in [-0.2, -0.15) is 0 Å². The molecule has 2 rings (SSSR count). The highest BCUT2D eigenvalue weighted by atomic mass is 35.5. The fourth-order valence-corrected chi connectivity index (χ4v) is 2.50. The van der Waals surface area contributed by atoms with Crippen LogP contribution >= 0.6 is 22.9 Å². The SMILES string of the molecule is Cc1nc(CCNCc2ccc(N)c(Cl)c2)cs1. The number of nitrogen functional groups attached to an aromatic ring is 1. The van der Waals surface area contributed by atoms with E-state index < -0.39 is 0 Å². The fourth-order valence-electron chi connectivity index (χ4n) is 1.65. The maximum atomic E-state index is 5.96. The van der Waals surface area contributed by atoms with Gasteiger partial charge in [0.1, 0.15) is 0 Å². The van der Waals surface area contributed by atoms with Crippen LogP contribution in [0.2, 0.25) is 5.02 Å². The van der Waals surface area contributed by atoms with Crippen molar-refractivity contribution >= 4 is 28.6 Å². The third-order valence-electron chi connectivity index (χ3n) is 2.62. The molecule has 18 heavy (non-hydrogen) atoms. The highest BCUT2D eigenvalue weighted by Gasteiger charge is 2.00. The summed E-state index contributed by atoms with van der Waals surface area (Å²) in [6, 6.07) is 5.72. The predicted octanol–water partition coefficient (Wildman–Crippen LogP) is 3.02. The van der Waals surface area contributed by atoms with Gasteiger partial charge in [0.05, 0.1) is 21.4 Å². The number of nitrogens with one attached hydrogen (secondary N) is 1. The lowest BCUT2D eigenvalue weighted by atomic mass is 10.2. The molecular weight excluding hydrogens is 266 g/mol. The predicted molar refractivity (Wildman–Crippen MR) is 78.1 cm³/mol. The van der Waals surface area contributed by atoms with E-state index in [4.69, 9.17) is 17.3 Å². The lowest BCUT2D eigenvalue weighted by molar-refractivity contribution is 0.681. The number of nitrogens with two attached hydrogens (primary N) is 1. The van der Waals surface area contributed by atoms with E-state index in [0.29, 0.717) is 10.7 Å². The number of thiazole rings is 1. The van der Waals surface area contributed by atoms with Gasteiger partial charge in [-0.05, 0) is 24.6 Å². The number of benzene rings is 1. The zero-order valence-corrected chi connectivity index (χ0v) is 11.8. The van der Waals surface area contributed by atoms with Crippen LogP contribution in [0.15, 0.2) is 23.6 Å². The Balaban J connectivity index is 1.76. The van der Waals surface area contributed by atoms with Crippen LogP contribution in [-0.2, 0) is 13.0 Å². The molecule has 0 atom stereocenters. The Bertz CT molecular complexity index is 525. The molecule has 0 aliphatic rings. The molecule has 2 aromatic rings. The van der Waals surface area contributed by atoms with Crippen LogP contribution in [0, 0.1) is 6.92 Å². The van der Waals surface area contributed by atoms with Crippen molar-refractivity contribution in [1.82, 2.24) is 10.3 Å². The lowest BCUT2D eigenvalue weighted by Crippen LogP contribution is -2.16. The Kier molecular flexibility index (Phi) is 4.58. The maximum absolute atomic E-state index is 5.96. The monoisotopic (exact) mass is 281 g/mol. The molecule has 0 spiro atoms. The second kappa shape index (κ2) is 6.18. The van der Waals surface area contributed by atoms with Crippen LogP contribution in [-0.4, -0.2) is 11.5 Å². The summed E-state index contributed by atoms with van der Waals surface area (Å²) in [4.78, 5) is 4.42. The van der Waals surface area contributed by atoms with Gasteiger partial charge in [-0.15, -0.1) is 11.3 Å². The highest BCUT2D eigenvalue weighted by molar-refractivity contribution is 7.09. The summed E-state index contributed by atoms with van der Waals surface area (Å²) < 4.78 is 0. The number of rotatable bonds is 5. The number of anilines is 1. The van der Waals surface area contributed by atoms with Gasteiger partial charge in [-0.25, -0.2) is 4.98 Å². The first-order valence-corrected chi connectivity index (χ1v) is 7.06. The molecule has 0 fully saturated rings. The normalized spacial score (nSPS) is 10.8. The summed E-state index contributed by atoms with van der Waals surface area (Å²) in [5.74, 6) is 0. The van der Waals surface area contributed by atoms with E-state index in [0.717, 1.165) is 35.8 Å². The van der Waals surface area contributed by atoms with E-state index >= 15 is 0 Å². The third-order valence-corrected chi connectivity index (χ3v) is 3.77. The van der Waals surface area contributed by atoms with E-state index in [-0.39, 0.29) is 0 Å². The Morgan fingerprint density at radius 1 is 1.44 bits per heavy atom. The molecule has 1 aromatic carbocycles. The molecule has 0 radical (unpaired) electrons. The van der Waals surface area contributed by atoms with Gasteiger partial charge in [0.2, 0.25) is 0 Å². The van der Waals surface area contributed by atoms with Gasteiger partial charge >= 0.3 is 0 Å². The van der Waals surface area contributed by atoms with E-state index in [1.165, 1.54) is 0 Å². The van der Waals surface area contributed by atoms with Crippen molar-refractivity contribution in [3.8, 4) is 0 Å². The van der Waals surface area contributed by atoms with Gasteiger partial charge in [0.15, 0.2) is 0 Å². The molecule has 3 nitrogen and oxygen atoms in total. The molecule has 1 aromatic heterocycles. The van der Waals surface area contributed by atoms with E-state index in [2.05, 4.69) is 15.7 Å². The molecular formula is C13H16ClN3S. The minimum absolute atomic E-state index is 0.615. The van der Waals surface area contributed by atoms with Crippen LogP contribution in [0.25, 0.3) is 0 Å². The summed E-state index contributed by atoms with van der Waals surface area (Å²) in [5.41, 5.74) is 8.58. The lowest BCUT2D eigenvalue weighted by Gasteiger charge is -2.05. The third kappa shape index (κ3) is 3.70. The molecule has 0 unspecified atom stereocenters. The Hall–Kier alpha value is -1.10. The molecule has 96 valence electrons. The second-order valence-electron chi connectivity index (χ2n) is 4.14. The van der Waals surface area contributed by atoms with Crippen LogP contribution in [0.1, 0.15) is 16.3 Å².